The molecule has 0 bridgehead atoms. The molecule has 2 atom stereocenters. The smallest absolute Gasteiger partial charge is 0.270 e. The van der Waals surface area contributed by atoms with E-state index in [0.717, 1.165) is 51.9 Å². The van der Waals surface area contributed by atoms with E-state index in [9.17, 15) is 14.4 Å². The Bertz CT molecular complexity index is 1390. The van der Waals surface area contributed by atoms with Crippen molar-refractivity contribution in [2.24, 2.45) is 5.92 Å². The predicted octanol–water partition coefficient (Wildman–Crippen LogP) is 1.99. The zero-order valence-corrected chi connectivity index (χ0v) is 18.2. The number of nitrogens with one attached hydrogen (secondary N) is 2. The maximum Gasteiger partial charge on any atom is 0.349 e. The number of hydrogen-bond acceptors (Lipinski definition) is 6. The molecule has 1 aliphatic rings. The summed E-state index contributed by atoms with van der Waals surface area (Å²) in [5, 5.41) is 19.9. The topological polar surface area (TPSA) is 137 Å². The maximum atomic E-state index is 12.4. The summed E-state index contributed by atoms with van der Waals surface area (Å²) in [5.41, 5.74) is 2.86. The molecule has 0 aliphatic heterocycles. The molecule has 0 radical (unpaired) electrons. The number of benzene rings is 1. The van der Waals surface area contributed by atoms with Crippen molar-refractivity contribution in [3.05, 3.63) is 83.0 Å². The molecule has 32 heavy (non-hydrogen) atoms. The number of aromatic nitrogens is 5. The first-order chi connectivity index (χ1) is 15.3. The van der Waals surface area contributed by atoms with Crippen LogP contribution >= 0.6 is 0 Å². The van der Waals surface area contributed by atoms with Crippen LogP contribution in [0.1, 0.15) is 65.7 Å². The Morgan fingerprint density at radius 2 is 1.84 bits per heavy atom. The Morgan fingerprint density at radius 3 is 2.47 bits per heavy atom. The second kappa shape index (κ2) is 8.38. The summed E-state index contributed by atoms with van der Waals surface area (Å²) in [4.78, 5) is 38.4. The third-order valence-electron chi connectivity index (χ3n) is 6.36. The number of nitrogens with zero attached hydrogens (tertiary/aromatic N) is 4. The van der Waals surface area contributed by atoms with E-state index in [-0.39, 0.29) is 17.2 Å². The molecule has 0 saturated heterocycles. The van der Waals surface area contributed by atoms with Crippen LogP contribution in [0.2, 0.25) is 0 Å². The van der Waals surface area contributed by atoms with E-state index < -0.39 is 11.2 Å². The molecule has 3 aromatic rings. The number of H-pyrrole nitrogens is 2. The molecule has 0 amide bonds. The van der Waals surface area contributed by atoms with E-state index >= 15 is 0 Å². The highest BCUT2D eigenvalue weighted by Gasteiger charge is 2.27. The van der Waals surface area contributed by atoms with E-state index in [1.54, 1.807) is 18.2 Å². The van der Waals surface area contributed by atoms with Crippen molar-refractivity contribution in [1.29, 1.82) is 5.26 Å². The van der Waals surface area contributed by atoms with Crippen molar-refractivity contribution in [3.8, 4) is 11.8 Å². The van der Waals surface area contributed by atoms with E-state index in [2.05, 4.69) is 27.2 Å². The van der Waals surface area contributed by atoms with Gasteiger partial charge in [-0.2, -0.15) is 15.0 Å². The van der Waals surface area contributed by atoms with Gasteiger partial charge in [0, 0.05) is 12.0 Å². The van der Waals surface area contributed by atoms with E-state index in [4.69, 9.17) is 5.26 Å². The summed E-state index contributed by atoms with van der Waals surface area (Å²) < 4.78 is 1.02. The summed E-state index contributed by atoms with van der Waals surface area (Å²) in [6.07, 6.45) is 3.81. The molecule has 9 nitrogen and oxygen atoms in total. The van der Waals surface area contributed by atoms with Crippen LogP contribution in [0.5, 0.6) is 0 Å². The van der Waals surface area contributed by atoms with Gasteiger partial charge in [-0.25, -0.2) is 9.89 Å². The van der Waals surface area contributed by atoms with Crippen molar-refractivity contribution in [1.82, 2.24) is 25.0 Å². The lowest BCUT2D eigenvalue weighted by atomic mass is 9.90. The molecule has 2 heterocycles. The normalized spacial score (nSPS) is 17.9. The minimum Gasteiger partial charge on any atom is -0.270 e. The first-order valence-corrected chi connectivity index (χ1v) is 10.6. The molecule has 2 aromatic heterocycles. The van der Waals surface area contributed by atoms with Crippen LogP contribution in [0.4, 0.5) is 0 Å². The Hall–Kier alpha value is -3.80. The average Bonchev–Trinajstić information content (AvgIpc) is 3.17. The SMILES string of the molecule is Cc1cc(-n2nc(C#N)c(=O)[nH]c2=O)cc(C)c1Cc1cc(C2CCCC2C)c(=O)[nH]n1. The zero-order valence-electron chi connectivity index (χ0n) is 18.2. The highest BCUT2D eigenvalue weighted by molar-refractivity contribution is 5.46. The number of aromatic amines is 2. The standard InChI is InChI=1S/C23H24N6O3/c1-12-5-4-6-17(12)19-10-15(26-27-21(19)30)9-18-13(2)7-16(8-14(18)3)29-23(32)25-22(31)20(11-24)28-29/h7-8,10,12,17H,4-6,9H2,1-3H3,(H,27,30)(H,25,31,32). The molecule has 164 valence electrons. The van der Waals surface area contributed by atoms with Gasteiger partial charge in [0.1, 0.15) is 6.07 Å². The zero-order chi connectivity index (χ0) is 23.0. The number of hydrogen-bond donors (Lipinski definition) is 2. The van der Waals surface area contributed by atoms with Gasteiger partial charge in [-0.15, -0.1) is 5.10 Å². The van der Waals surface area contributed by atoms with Gasteiger partial charge in [0.15, 0.2) is 0 Å². The van der Waals surface area contributed by atoms with Crippen LogP contribution in [0.25, 0.3) is 5.69 Å². The quantitative estimate of drug-likeness (QED) is 0.647. The summed E-state index contributed by atoms with van der Waals surface area (Å²) in [5.74, 6) is 0.744. The minimum absolute atomic E-state index is 0.117. The van der Waals surface area contributed by atoms with Gasteiger partial charge in [-0.05, 0) is 67.0 Å². The van der Waals surface area contributed by atoms with Gasteiger partial charge < -0.3 is 0 Å². The fourth-order valence-electron chi connectivity index (χ4n) is 4.64. The van der Waals surface area contributed by atoms with Crippen molar-refractivity contribution in [2.45, 2.75) is 52.4 Å². The monoisotopic (exact) mass is 432 g/mol. The van der Waals surface area contributed by atoms with Crippen LogP contribution in [0.15, 0.2) is 32.6 Å². The number of aryl methyl sites for hydroxylation is 2. The van der Waals surface area contributed by atoms with Crippen molar-refractivity contribution in [2.75, 3.05) is 0 Å². The molecule has 4 rings (SSSR count). The van der Waals surface area contributed by atoms with Gasteiger partial charge in [0.2, 0.25) is 5.69 Å². The third kappa shape index (κ3) is 3.91. The summed E-state index contributed by atoms with van der Waals surface area (Å²) in [7, 11) is 0. The van der Waals surface area contributed by atoms with E-state index in [1.807, 2.05) is 19.9 Å². The molecule has 9 heteroatoms. The first kappa shape index (κ1) is 21.4. The van der Waals surface area contributed by atoms with Gasteiger partial charge in [0.05, 0.1) is 11.4 Å². The highest BCUT2D eigenvalue weighted by Crippen LogP contribution is 2.38. The molecular formula is C23H24N6O3. The van der Waals surface area contributed by atoms with Crippen LogP contribution in [0.3, 0.4) is 0 Å². The second-order valence-corrected chi connectivity index (χ2v) is 8.52. The first-order valence-electron chi connectivity index (χ1n) is 10.6. The largest absolute Gasteiger partial charge is 0.349 e. The van der Waals surface area contributed by atoms with Gasteiger partial charge in [-0.3, -0.25) is 14.6 Å². The summed E-state index contributed by atoms with van der Waals surface area (Å²) >= 11 is 0. The van der Waals surface area contributed by atoms with Gasteiger partial charge in [0.25, 0.3) is 11.1 Å². The molecular weight excluding hydrogens is 408 g/mol. The summed E-state index contributed by atoms with van der Waals surface area (Å²) in [6.45, 7) is 6.02. The highest BCUT2D eigenvalue weighted by atomic mass is 16.2. The van der Waals surface area contributed by atoms with Gasteiger partial charge >= 0.3 is 5.69 Å². The van der Waals surface area contributed by atoms with Crippen LogP contribution in [-0.2, 0) is 6.42 Å². The molecule has 1 saturated carbocycles. The summed E-state index contributed by atoms with van der Waals surface area (Å²) in [6, 6.07) is 7.17. The van der Waals surface area contributed by atoms with E-state index in [0.29, 0.717) is 18.0 Å². The third-order valence-corrected chi connectivity index (χ3v) is 6.36. The second-order valence-electron chi connectivity index (χ2n) is 8.52. The average molecular weight is 432 g/mol. The fourth-order valence-corrected chi connectivity index (χ4v) is 4.64. The lowest BCUT2D eigenvalue weighted by molar-refractivity contribution is 0.526. The number of rotatable bonds is 4. The van der Waals surface area contributed by atoms with Gasteiger partial charge in [-0.1, -0.05) is 19.8 Å². The molecule has 1 aromatic carbocycles. The Kier molecular flexibility index (Phi) is 5.61. The maximum absolute atomic E-state index is 12.4. The Morgan fingerprint density at radius 1 is 1.12 bits per heavy atom. The van der Waals surface area contributed by atoms with Crippen molar-refractivity contribution >= 4 is 0 Å². The minimum atomic E-state index is -0.810. The molecule has 0 spiro atoms. The molecule has 2 unspecified atom stereocenters. The lowest BCUT2D eigenvalue weighted by Crippen LogP contribution is -2.33. The van der Waals surface area contributed by atoms with E-state index in [1.165, 1.54) is 0 Å². The molecule has 1 aliphatic carbocycles. The van der Waals surface area contributed by atoms with Crippen LogP contribution in [-0.4, -0.2) is 25.0 Å². The molecule has 1 fully saturated rings. The van der Waals surface area contributed by atoms with Crippen LogP contribution < -0.4 is 16.8 Å². The van der Waals surface area contributed by atoms with Crippen LogP contribution in [0, 0.1) is 31.1 Å². The Labute approximate surface area is 183 Å². The van der Waals surface area contributed by atoms with Crippen molar-refractivity contribution < 1.29 is 0 Å². The Balaban J connectivity index is 1.70. The lowest BCUT2D eigenvalue weighted by Gasteiger charge is -2.16. The molecule has 2 N–H and O–H groups in total. The van der Waals surface area contributed by atoms with Crippen molar-refractivity contribution in [3.63, 3.8) is 0 Å². The number of nitriles is 1. The predicted molar refractivity (Wildman–Crippen MR) is 118 cm³/mol. The fraction of sp³-hybridized carbons (Fsp3) is 0.391.